The lowest BCUT2D eigenvalue weighted by atomic mass is 9.89. The van der Waals surface area contributed by atoms with Gasteiger partial charge >= 0.3 is 0 Å². The van der Waals surface area contributed by atoms with E-state index in [2.05, 4.69) is 21.2 Å². The number of rotatable bonds is 2. The molecule has 1 saturated heterocycles. The third kappa shape index (κ3) is 2.83. The molecule has 0 radical (unpaired) electrons. The lowest BCUT2D eigenvalue weighted by Crippen LogP contribution is -2.40. The summed E-state index contributed by atoms with van der Waals surface area (Å²) in [7, 11) is 1.62. The molecule has 1 aromatic carbocycles. The first-order valence-electron chi connectivity index (χ1n) is 6.34. The average molecular weight is 360 g/mol. The highest BCUT2D eigenvalue weighted by Crippen LogP contribution is 2.32. The Labute approximate surface area is 131 Å². The van der Waals surface area contributed by atoms with Gasteiger partial charge in [-0.1, -0.05) is 11.6 Å². The van der Waals surface area contributed by atoms with Crippen LogP contribution in [0.3, 0.4) is 0 Å². The van der Waals surface area contributed by atoms with Crippen molar-refractivity contribution in [1.29, 1.82) is 0 Å². The number of likely N-dealkylation sites (tertiary alicyclic amines) is 1. The maximum Gasteiger partial charge on any atom is 0.255 e. The third-order valence-electron chi connectivity index (χ3n) is 3.70. The van der Waals surface area contributed by atoms with Crippen molar-refractivity contribution in [2.75, 3.05) is 20.1 Å². The van der Waals surface area contributed by atoms with Crippen molar-refractivity contribution in [1.82, 2.24) is 10.2 Å². The van der Waals surface area contributed by atoms with Gasteiger partial charge in [-0.25, -0.2) is 0 Å². The number of carbonyl (C=O) groups excluding carboxylic acids is 2. The molecule has 1 aliphatic rings. The maximum absolute atomic E-state index is 12.5. The average Bonchev–Trinajstić information content (AvgIpc) is 2.81. The molecule has 0 aliphatic carbocycles. The SMILES string of the molecule is CNC(=O)C1(C)CCN(C(=O)c2ccc(Cl)cc2Br)C1. The highest BCUT2D eigenvalue weighted by Gasteiger charge is 2.41. The zero-order valence-corrected chi connectivity index (χ0v) is 13.7. The van der Waals surface area contributed by atoms with Crippen molar-refractivity contribution in [2.45, 2.75) is 13.3 Å². The number of nitrogens with one attached hydrogen (secondary N) is 1. The summed E-state index contributed by atoms with van der Waals surface area (Å²) in [4.78, 5) is 26.1. The monoisotopic (exact) mass is 358 g/mol. The summed E-state index contributed by atoms with van der Waals surface area (Å²) < 4.78 is 0.670. The van der Waals surface area contributed by atoms with Gasteiger partial charge in [0, 0.05) is 29.6 Å². The van der Waals surface area contributed by atoms with Crippen molar-refractivity contribution in [3.63, 3.8) is 0 Å². The largest absolute Gasteiger partial charge is 0.359 e. The standard InChI is InChI=1S/C14H16BrClN2O2/c1-14(13(20)17-2)5-6-18(8-14)12(19)10-4-3-9(16)7-11(10)15/h3-4,7H,5-6,8H2,1-2H3,(H,17,20). The van der Waals surface area contributed by atoms with Gasteiger partial charge in [-0.05, 0) is 47.5 Å². The smallest absolute Gasteiger partial charge is 0.255 e. The summed E-state index contributed by atoms with van der Waals surface area (Å²) in [5.41, 5.74) is 0.0547. The van der Waals surface area contributed by atoms with Gasteiger partial charge in [-0.2, -0.15) is 0 Å². The Morgan fingerprint density at radius 3 is 2.75 bits per heavy atom. The van der Waals surface area contributed by atoms with Crippen molar-refractivity contribution < 1.29 is 9.59 Å². The number of hydrogen-bond acceptors (Lipinski definition) is 2. The van der Waals surface area contributed by atoms with Crippen LogP contribution in [0.5, 0.6) is 0 Å². The van der Waals surface area contributed by atoms with Crippen LogP contribution in [0.1, 0.15) is 23.7 Å². The van der Waals surface area contributed by atoms with Gasteiger partial charge < -0.3 is 10.2 Å². The molecule has 2 amide bonds. The van der Waals surface area contributed by atoms with E-state index in [1.165, 1.54) is 0 Å². The molecule has 1 N–H and O–H groups in total. The predicted octanol–water partition coefficient (Wildman–Crippen LogP) is 2.70. The van der Waals surface area contributed by atoms with Gasteiger partial charge in [-0.3, -0.25) is 9.59 Å². The number of halogens is 2. The lowest BCUT2D eigenvalue weighted by Gasteiger charge is -2.23. The van der Waals surface area contributed by atoms with Gasteiger partial charge in [0.05, 0.1) is 11.0 Å². The minimum Gasteiger partial charge on any atom is -0.359 e. The summed E-state index contributed by atoms with van der Waals surface area (Å²) in [6.07, 6.45) is 0.670. The maximum atomic E-state index is 12.5. The summed E-state index contributed by atoms with van der Waals surface area (Å²) in [5, 5.41) is 3.24. The topological polar surface area (TPSA) is 49.4 Å². The van der Waals surface area contributed by atoms with Gasteiger partial charge in [-0.15, -0.1) is 0 Å². The molecule has 1 atom stereocenters. The molecule has 1 unspecified atom stereocenters. The Hall–Kier alpha value is -1.07. The van der Waals surface area contributed by atoms with E-state index in [0.717, 1.165) is 0 Å². The predicted molar refractivity (Wildman–Crippen MR) is 81.8 cm³/mol. The molecule has 0 saturated carbocycles. The second-order valence-electron chi connectivity index (χ2n) is 5.24. The van der Waals surface area contributed by atoms with Crippen LogP contribution in [0.2, 0.25) is 5.02 Å². The van der Waals surface area contributed by atoms with Crippen molar-refractivity contribution >= 4 is 39.3 Å². The molecular weight excluding hydrogens is 344 g/mol. The molecule has 20 heavy (non-hydrogen) atoms. The normalized spacial score (nSPS) is 21.9. The fourth-order valence-electron chi connectivity index (χ4n) is 2.45. The number of hydrogen-bond donors (Lipinski definition) is 1. The third-order valence-corrected chi connectivity index (χ3v) is 4.59. The Balaban J connectivity index is 2.18. The zero-order valence-electron chi connectivity index (χ0n) is 11.4. The van der Waals surface area contributed by atoms with Crippen LogP contribution in [0.15, 0.2) is 22.7 Å². The van der Waals surface area contributed by atoms with Crippen molar-refractivity contribution in [3.8, 4) is 0 Å². The summed E-state index contributed by atoms with van der Waals surface area (Å²) in [5.74, 6) is -0.107. The molecule has 0 spiro atoms. The molecule has 1 fully saturated rings. The first kappa shape index (κ1) is 15.3. The van der Waals surface area contributed by atoms with Crippen LogP contribution in [0.4, 0.5) is 0 Å². The molecule has 6 heteroatoms. The molecular formula is C14H16BrClN2O2. The highest BCUT2D eigenvalue weighted by atomic mass is 79.9. The minimum absolute atomic E-state index is 0.0250. The fraction of sp³-hybridized carbons (Fsp3) is 0.429. The van der Waals surface area contributed by atoms with Crippen LogP contribution < -0.4 is 5.32 Å². The van der Waals surface area contributed by atoms with Gasteiger partial charge in [0.25, 0.3) is 5.91 Å². The van der Waals surface area contributed by atoms with E-state index in [1.807, 2.05) is 6.92 Å². The highest BCUT2D eigenvalue weighted by molar-refractivity contribution is 9.10. The zero-order chi connectivity index (χ0) is 14.9. The van der Waals surface area contributed by atoms with E-state index in [1.54, 1.807) is 30.1 Å². The molecule has 108 valence electrons. The quantitative estimate of drug-likeness (QED) is 0.882. The van der Waals surface area contributed by atoms with Crippen LogP contribution in [0.25, 0.3) is 0 Å². The van der Waals surface area contributed by atoms with Gasteiger partial charge in [0.15, 0.2) is 0 Å². The van der Waals surface area contributed by atoms with E-state index >= 15 is 0 Å². The van der Waals surface area contributed by atoms with E-state index in [9.17, 15) is 9.59 Å². The Morgan fingerprint density at radius 1 is 1.45 bits per heavy atom. The van der Waals surface area contributed by atoms with E-state index in [4.69, 9.17) is 11.6 Å². The van der Waals surface area contributed by atoms with Crippen LogP contribution >= 0.6 is 27.5 Å². The number of amides is 2. The first-order chi connectivity index (χ1) is 9.37. The molecule has 1 aliphatic heterocycles. The van der Waals surface area contributed by atoms with E-state index in [0.29, 0.717) is 34.6 Å². The van der Waals surface area contributed by atoms with Crippen LogP contribution in [-0.4, -0.2) is 36.9 Å². The van der Waals surface area contributed by atoms with Crippen molar-refractivity contribution in [2.24, 2.45) is 5.41 Å². The van der Waals surface area contributed by atoms with Gasteiger partial charge in [0.2, 0.25) is 5.91 Å². The Kier molecular flexibility index (Phi) is 4.39. The van der Waals surface area contributed by atoms with Crippen molar-refractivity contribution in [3.05, 3.63) is 33.3 Å². The minimum atomic E-state index is -0.511. The summed E-state index contributed by atoms with van der Waals surface area (Å²) in [6, 6.07) is 5.08. The van der Waals surface area contributed by atoms with E-state index < -0.39 is 5.41 Å². The first-order valence-corrected chi connectivity index (χ1v) is 7.51. The number of benzene rings is 1. The molecule has 0 bridgehead atoms. The molecule has 0 aromatic heterocycles. The van der Waals surface area contributed by atoms with E-state index in [-0.39, 0.29) is 11.8 Å². The summed E-state index contributed by atoms with van der Waals surface area (Å²) >= 11 is 9.23. The second kappa shape index (κ2) is 5.74. The molecule has 1 aromatic rings. The molecule has 1 heterocycles. The van der Waals surface area contributed by atoms with Crippen LogP contribution in [-0.2, 0) is 4.79 Å². The molecule has 2 rings (SSSR count). The fourth-order valence-corrected chi connectivity index (χ4v) is 3.31. The number of nitrogens with zero attached hydrogens (tertiary/aromatic N) is 1. The Bertz CT molecular complexity index is 564. The Morgan fingerprint density at radius 2 is 2.15 bits per heavy atom. The number of carbonyl (C=O) groups is 2. The second-order valence-corrected chi connectivity index (χ2v) is 6.53. The van der Waals surface area contributed by atoms with Gasteiger partial charge in [0.1, 0.15) is 0 Å². The lowest BCUT2D eigenvalue weighted by molar-refractivity contribution is -0.128. The van der Waals surface area contributed by atoms with Crippen LogP contribution in [0, 0.1) is 5.41 Å². The molecule has 4 nitrogen and oxygen atoms in total. The summed E-state index contributed by atoms with van der Waals surface area (Å²) in [6.45, 7) is 2.90.